The number of hydrogen-bond donors (Lipinski definition) is 2. The number of aromatic nitrogens is 3. The highest BCUT2D eigenvalue weighted by Gasteiger charge is 2.62. The molecule has 2 saturated heterocycles. The third kappa shape index (κ3) is 7.72. The van der Waals surface area contributed by atoms with Gasteiger partial charge in [0.2, 0.25) is 33.6 Å². The summed E-state index contributed by atoms with van der Waals surface area (Å²) in [6, 6.07) is 6.18. The molecule has 54 heavy (non-hydrogen) atoms. The summed E-state index contributed by atoms with van der Waals surface area (Å²) in [5.41, 5.74) is -0.961. The van der Waals surface area contributed by atoms with Crippen LogP contribution in [0.15, 0.2) is 48.5 Å². The fourth-order valence-corrected chi connectivity index (χ4v) is 9.62. The van der Waals surface area contributed by atoms with Gasteiger partial charge in [0.15, 0.2) is 5.82 Å². The van der Waals surface area contributed by atoms with Crippen molar-refractivity contribution in [3.8, 4) is 17.4 Å². The van der Waals surface area contributed by atoms with Crippen molar-refractivity contribution in [3.63, 3.8) is 0 Å². The van der Waals surface area contributed by atoms with Gasteiger partial charge in [-0.1, -0.05) is 32.9 Å². The number of piperidine rings is 1. The highest BCUT2D eigenvalue weighted by Crippen LogP contribution is 2.46. The molecule has 4 aliphatic rings. The number of ether oxygens (including phenoxy) is 1. The van der Waals surface area contributed by atoms with E-state index in [9.17, 15) is 27.6 Å². The molecule has 2 saturated carbocycles. The number of rotatable bonds is 12. The monoisotopic (exact) mass is 777 g/mol. The number of amides is 4. The molecule has 2 aliphatic carbocycles. The molecule has 4 amide bonds. The molecule has 16 heteroatoms. The van der Waals surface area contributed by atoms with E-state index < -0.39 is 62.0 Å². The first-order chi connectivity index (χ1) is 25.7. The highest BCUT2D eigenvalue weighted by atomic mass is 32.2. The minimum atomic E-state index is -3.89. The Morgan fingerprint density at radius 2 is 1.87 bits per heavy atom. The van der Waals surface area contributed by atoms with Gasteiger partial charge >= 0.3 is 0 Å². The molecule has 0 spiro atoms. The van der Waals surface area contributed by atoms with Crippen LogP contribution < -0.4 is 14.8 Å². The zero-order valence-electron chi connectivity index (χ0n) is 30.8. The average molecular weight is 778 g/mol. The number of likely N-dealkylation sites (tertiary alicyclic amines) is 2. The second-order valence-corrected chi connectivity index (χ2v) is 18.8. The lowest BCUT2D eigenvalue weighted by atomic mass is 9.77. The van der Waals surface area contributed by atoms with Gasteiger partial charge in [0.1, 0.15) is 28.1 Å². The summed E-state index contributed by atoms with van der Waals surface area (Å²) in [5, 5.41) is 4.09. The Kier molecular flexibility index (Phi) is 10.3. The predicted octanol–water partition coefficient (Wildman–Crippen LogP) is 3.84. The van der Waals surface area contributed by atoms with Crippen molar-refractivity contribution in [2.45, 2.75) is 95.1 Å². The van der Waals surface area contributed by atoms with Crippen LogP contribution in [0.25, 0.3) is 21.7 Å². The third-order valence-electron chi connectivity index (χ3n) is 11.0. The number of thiophene rings is 1. The molecule has 5 atom stereocenters. The standard InChI is InChI=1S/C38H47N7O7S2/c1-5-23-21-38(23,36(49)43-54(50,51)25-12-13-25)42-33(47)29-19-24(52-34-31-27(14-18-53-31)40-32(41-34)28-11-7-8-15-39-28)22-45(29)35(48)26(37(2,3)4)20-30(46)44-16-9-6-10-17-44/h5,7-8,11,14-15,18,23-26,29H,1,6,9-10,12-13,16-17,19-22H2,2-4H3,(H,42,47)(H,43,49)/t23?,24-,26-,29+,38-/m1/s1. The van der Waals surface area contributed by atoms with E-state index in [1.54, 1.807) is 18.3 Å². The molecule has 2 aliphatic heterocycles. The van der Waals surface area contributed by atoms with Gasteiger partial charge in [-0.3, -0.25) is 28.9 Å². The topological polar surface area (TPSA) is 181 Å². The smallest absolute Gasteiger partial charge is 0.259 e. The van der Waals surface area contributed by atoms with Crippen LogP contribution in [0, 0.1) is 17.3 Å². The zero-order chi connectivity index (χ0) is 38.4. The first kappa shape index (κ1) is 37.9. The van der Waals surface area contributed by atoms with Gasteiger partial charge in [0.25, 0.3) is 5.91 Å². The van der Waals surface area contributed by atoms with Crippen molar-refractivity contribution in [2.24, 2.45) is 17.3 Å². The number of hydrogen-bond acceptors (Lipinski definition) is 11. The molecule has 2 N–H and O–H groups in total. The minimum Gasteiger partial charge on any atom is -0.471 e. The summed E-state index contributed by atoms with van der Waals surface area (Å²) in [6.07, 6.45) is 6.50. The van der Waals surface area contributed by atoms with Gasteiger partial charge in [0.05, 0.1) is 23.2 Å². The lowest BCUT2D eigenvalue weighted by Crippen LogP contribution is -2.57. The Hall–Kier alpha value is -4.44. The third-order valence-corrected chi connectivity index (χ3v) is 13.7. The normalized spacial score (nSPS) is 24.8. The van der Waals surface area contributed by atoms with Crippen molar-refractivity contribution >= 4 is 55.2 Å². The molecule has 3 aromatic rings. The number of nitrogens with zero attached hydrogens (tertiary/aromatic N) is 5. The molecule has 0 aromatic carbocycles. The second-order valence-electron chi connectivity index (χ2n) is 15.9. The number of pyridine rings is 1. The van der Waals surface area contributed by atoms with Crippen LogP contribution in [0.2, 0.25) is 0 Å². The molecule has 3 aromatic heterocycles. The Bertz CT molecular complexity index is 2060. The molecule has 5 heterocycles. The quantitative estimate of drug-likeness (QED) is 0.257. The van der Waals surface area contributed by atoms with E-state index in [4.69, 9.17) is 9.72 Å². The number of fused-ring (bicyclic) bond motifs is 1. The number of carbonyl (C=O) groups excluding carboxylic acids is 4. The Morgan fingerprint density at radius 1 is 1.11 bits per heavy atom. The molecular weight excluding hydrogens is 731 g/mol. The van der Waals surface area contributed by atoms with Crippen molar-refractivity contribution in [2.75, 3.05) is 19.6 Å². The summed E-state index contributed by atoms with van der Waals surface area (Å²) in [7, 11) is -3.89. The van der Waals surface area contributed by atoms with Crippen molar-refractivity contribution in [3.05, 3.63) is 48.5 Å². The molecule has 14 nitrogen and oxygen atoms in total. The summed E-state index contributed by atoms with van der Waals surface area (Å²) in [4.78, 5) is 73.4. The van der Waals surface area contributed by atoms with Crippen molar-refractivity contribution in [1.29, 1.82) is 0 Å². The molecule has 288 valence electrons. The summed E-state index contributed by atoms with van der Waals surface area (Å²) in [6.45, 7) is 10.8. The highest BCUT2D eigenvalue weighted by molar-refractivity contribution is 7.91. The molecular formula is C38H47N7O7S2. The van der Waals surface area contributed by atoms with Crippen LogP contribution in [0.3, 0.4) is 0 Å². The van der Waals surface area contributed by atoms with E-state index in [0.717, 1.165) is 19.3 Å². The van der Waals surface area contributed by atoms with Crippen LogP contribution in [0.1, 0.15) is 72.1 Å². The van der Waals surface area contributed by atoms with Crippen LogP contribution in [-0.2, 0) is 29.2 Å². The van der Waals surface area contributed by atoms with Crippen LogP contribution >= 0.6 is 11.3 Å². The SMILES string of the molecule is C=CC1C[C@]1(NC(=O)[C@@H]1C[C@@H](Oc2nc(-c3ccccn3)nc3ccsc23)CN1C(=O)[C@@H](CC(=O)N1CCCCC1)C(C)(C)C)C(=O)NS(=O)(=O)C1CC1. The molecule has 0 radical (unpaired) electrons. The average Bonchev–Trinajstić information content (AvgIpc) is 4.04. The van der Waals surface area contributed by atoms with Gasteiger partial charge in [-0.15, -0.1) is 17.9 Å². The number of sulfonamides is 1. The second kappa shape index (κ2) is 14.7. The van der Waals surface area contributed by atoms with Crippen LogP contribution in [-0.4, -0.2) is 99.4 Å². The maximum absolute atomic E-state index is 14.8. The summed E-state index contributed by atoms with van der Waals surface area (Å²) >= 11 is 1.40. The van der Waals surface area contributed by atoms with E-state index in [1.165, 1.54) is 22.3 Å². The van der Waals surface area contributed by atoms with Gasteiger partial charge < -0.3 is 19.9 Å². The Balaban J connectivity index is 1.18. The van der Waals surface area contributed by atoms with Crippen molar-refractivity contribution in [1.82, 2.24) is 34.8 Å². The first-order valence-corrected chi connectivity index (χ1v) is 21.0. The molecule has 4 fully saturated rings. The van der Waals surface area contributed by atoms with E-state index in [0.29, 0.717) is 47.7 Å². The molecule has 1 unspecified atom stereocenters. The van der Waals surface area contributed by atoms with Gasteiger partial charge in [-0.05, 0) is 67.5 Å². The lowest BCUT2D eigenvalue weighted by molar-refractivity contribution is -0.148. The van der Waals surface area contributed by atoms with Gasteiger partial charge in [-0.2, -0.15) is 4.98 Å². The first-order valence-electron chi connectivity index (χ1n) is 18.6. The maximum atomic E-state index is 14.8. The van der Waals surface area contributed by atoms with Crippen LogP contribution in [0.4, 0.5) is 0 Å². The fraction of sp³-hybridized carbons (Fsp3) is 0.553. The maximum Gasteiger partial charge on any atom is 0.259 e. The lowest BCUT2D eigenvalue weighted by Gasteiger charge is -2.36. The molecule has 7 rings (SSSR count). The van der Waals surface area contributed by atoms with E-state index >= 15 is 0 Å². The predicted molar refractivity (Wildman–Crippen MR) is 202 cm³/mol. The van der Waals surface area contributed by atoms with Crippen LogP contribution in [0.5, 0.6) is 5.88 Å². The van der Waals surface area contributed by atoms with E-state index in [2.05, 4.69) is 26.6 Å². The van der Waals surface area contributed by atoms with Gasteiger partial charge in [-0.25, -0.2) is 13.4 Å². The Morgan fingerprint density at radius 3 is 2.52 bits per heavy atom. The van der Waals surface area contributed by atoms with E-state index in [-0.39, 0.29) is 43.5 Å². The van der Waals surface area contributed by atoms with Gasteiger partial charge in [0, 0.05) is 38.0 Å². The molecule has 0 bridgehead atoms. The summed E-state index contributed by atoms with van der Waals surface area (Å²) in [5.74, 6) is -2.53. The number of carbonyl (C=O) groups is 4. The van der Waals surface area contributed by atoms with E-state index in [1.807, 2.05) is 43.2 Å². The zero-order valence-corrected chi connectivity index (χ0v) is 32.5. The largest absolute Gasteiger partial charge is 0.471 e. The fourth-order valence-electron chi connectivity index (χ4n) is 7.49. The number of nitrogens with one attached hydrogen (secondary N) is 2. The van der Waals surface area contributed by atoms with Crippen molar-refractivity contribution < 1.29 is 32.3 Å². The Labute approximate surface area is 319 Å². The summed E-state index contributed by atoms with van der Waals surface area (Å²) < 4.78 is 34.9. The minimum absolute atomic E-state index is 0.0112.